The normalized spacial score (nSPS) is 24.9. The summed E-state index contributed by atoms with van der Waals surface area (Å²) in [5, 5.41) is 7.41. The molecular formula is C27H29F2N5O3S. The van der Waals surface area contributed by atoms with Crippen molar-refractivity contribution in [1.82, 2.24) is 15.3 Å². The molecule has 200 valence electrons. The van der Waals surface area contributed by atoms with E-state index in [0.29, 0.717) is 16.5 Å². The molecule has 3 heterocycles. The van der Waals surface area contributed by atoms with Gasteiger partial charge in [-0.15, -0.1) is 11.3 Å². The number of halogens is 2. The number of nitrogens with one attached hydrogen (secondary N) is 2. The zero-order valence-corrected chi connectivity index (χ0v) is 21.9. The number of hydrogen-bond acceptors (Lipinski definition) is 7. The van der Waals surface area contributed by atoms with Crippen LogP contribution in [0.2, 0.25) is 0 Å². The Balaban J connectivity index is 1.17. The van der Waals surface area contributed by atoms with Gasteiger partial charge in [0.1, 0.15) is 23.4 Å². The first-order chi connectivity index (χ1) is 18.2. The molecule has 2 atom stereocenters. The number of aromatic nitrogens is 2. The van der Waals surface area contributed by atoms with Crippen LogP contribution in [-0.4, -0.2) is 59.8 Å². The second-order valence-electron chi connectivity index (χ2n) is 9.86. The minimum absolute atomic E-state index is 0.113. The Morgan fingerprint density at radius 3 is 2.58 bits per heavy atom. The maximum absolute atomic E-state index is 14.7. The molecule has 1 aliphatic carbocycles. The first-order valence-electron chi connectivity index (χ1n) is 12.5. The van der Waals surface area contributed by atoms with E-state index >= 15 is 0 Å². The molecule has 1 saturated carbocycles. The van der Waals surface area contributed by atoms with Gasteiger partial charge >= 0.3 is 0 Å². The quantitative estimate of drug-likeness (QED) is 0.458. The number of carbonyl (C=O) groups is 2. The highest BCUT2D eigenvalue weighted by Crippen LogP contribution is 2.46. The number of pyridine rings is 1. The Morgan fingerprint density at radius 2 is 1.84 bits per heavy atom. The molecule has 11 heteroatoms. The summed E-state index contributed by atoms with van der Waals surface area (Å²) in [6, 6.07) is 11.8. The number of ether oxygens (including phenoxy) is 1. The summed E-state index contributed by atoms with van der Waals surface area (Å²) in [5.74, 6) is -0.126. The Kier molecular flexibility index (Phi) is 7.40. The third kappa shape index (κ3) is 5.83. The molecule has 2 N–H and O–H groups in total. The molecule has 38 heavy (non-hydrogen) atoms. The molecule has 3 aromatic rings. The van der Waals surface area contributed by atoms with E-state index in [-0.39, 0.29) is 42.7 Å². The summed E-state index contributed by atoms with van der Waals surface area (Å²) in [6.07, 6.45) is -1.35. The van der Waals surface area contributed by atoms with Gasteiger partial charge in [-0.05, 0) is 43.7 Å². The van der Waals surface area contributed by atoms with Crippen LogP contribution in [0.1, 0.15) is 42.6 Å². The highest BCUT2D eigenvalue weighted by atomic mass is 32.1. The van der Waals surface area contributed by atoms with Crippen molar-refractivity contribution in [3.8, 4) is 11.4 Å². The molecule has 2 aliphatic rings. The lowest BCUT2D eigenvalue weighted by molar-refractivity contribution is -0.115. The number of nitrogens with zero attached hydrogens (tertiary/aromatic N) is 3. The first kappa shape index (κ1) is 26.2. The number of alkyl halides is 2. The van der Waals surface area contributed by atoms with Crippen molar-refractivity contribution in [2.75, 3.05) is 29.9 Å². The molecule has 8 nitrogen and oxygen atoms in total. The lowest BCUT2D eigenvalue weighted by Gasteiger charge is -2.37. The van der Waals surface area contributed by atoms with Crippen LogP contribution in [0.15, 0.2) is 47.8 Å². The SMILES string of the molecule is C[C@@H]1CN(c2cccc(-c3csc(NC(=O)CNC(=O)c4cccc([C@]5(F)C[C@@H](F)C5)c4)n3)n2)C[C@H](C)O1. The molecule has 0 unspecified atom stereocenters. The summed E-state index contributed by atoms with van der Waals surface area (Å²) in [7, 11) is 0. The highest BCUT2D eigenvalue weighted by molar-refractivity contribution is 7.14. The molecule has 5 rings (SSSR count). The van der Waals surface area contributed by atoms with Gasteiger partial charge in [0, 0.05) is 36.9 Å². The Hall–Kier alpha value is -3.44. The molecule has 0 spiro atoms. The van der Waals surface area contributed by atoms with E-state index in [1.807, 2.05) is 37.4 Å². The van der Waals surface area contributed by atoms with Crippen molar-refractivity contribution in [2.24, 2.45) is 0 Å². The van der Waals surface area contributed by atoms with Crippen molar-refractivity contribution in [1.29, 1.82) is 0 Å². The molecule has 0 bridgehead atoms. The maximum atomic E-state index is 14.7. The van der Waals surface area contributed by atoms with Crippen LogP contribution < -0.4 is 15.5 Å². The molecular weight excluding hydrogens is 512 g/mol. The fourth-order valence-electron chi connectivity index (χ4n) is 4.80. The van der Waals surface area contributed by atoms with Crippen LogP contribution in [0.5, 0.6) is 0 Å². The Labute approximate surface area is 223 Å². The number of thiazole rings is 1. The van der Waals surface area contributed by atoms with Gasteiger partial charge in [-0.3, -0.25) is 9.59 Å². The maximum Gasteiger partial charge on any atom is 0.251 e. The van der Waals surface area contributed by atoms with Crippen LogP contribution in [0.3, 0.4) is 0 Å². The number of hydrogen-bond donors (Lipinski definition) is 2. The van der Waals surface area contributed by atoms with E-state index < -0.39 is 23.7 Å². The van der Waals surface area contributed by atoms with Gasteiger partial charge in [0.05, 0.1) is 24.4 Å². The number of carbonyl (C=O) groups excluding carboxylic acids is 2. The summed E-state index contributed by atoms with van der Waals surface area (Å²) in [4.78, 5) is 36.4. The number of rotatable bonds is 7. The average Bonchev–Trinajstić information content (AvgIpc) is 3.34. The van der Waals surface area contributed by atoms with Crippen LogP contribution in [0.4, 0.5) is 19.7 Å². The lowest BCUT2D eigenvalue weighted by atomic mass is 9.75. The Morgan fingerprint density at radius 1 is 1.11 bits per heavy atom. The molecule has 0 radical (unpaired) electrons. The summed E-state index contributed by atoms with van der Waals surface area (Å²) in [6.45, 7) is 5.30. The minimum atomic E-state index is -1.75. The molecule has 1 saturated heterocycles. The number of benzene rings is 1. The smallest absolute Gasteiger partial charge is 0.251 e. The van der Waals surface area contributed by atoms with E-state index in [2.05, 4.69) is 20.5 Å². The van der Waals surface area contributed by atoms with Crippen LogP contribution in [0, 0.1) is 0 Å². The molecule has 2 amide bonds. The summed E-state index contributed by atoms with van der Waals surface area (Å²) in [5.41, 5.74) is 0.0583. The van der Waals surface area contributed by atoms with Gasteiger partial charge in [-0.2, -0.15) is 0 Å². The van der Waals surface area contributed by atoms with Gasteiger partial charge in [-0.25, -0.2) is 18.7 Å². The van der Waals surface area contributed by atoms with Gasteiger partial charge < -0.3 is 20.3 Å². The number of anilines is 2. The van der Waals surface area contributed by atoms with Crippen molar-refractivity contribution in [2.45, 2.75) is 50.7 Å². The zero-order valence-electron chi connectivity index (χ0n) is 21.1. The topological polar surface area (TPSA) is 96.5 Å². The third-order valence-electron chi connectivity index (χ3n) is 6.63. The fraction of sp³-hybridized carbons (Fsp3) is 0.407. The number of morpholine rings is 1. The van der Waals surface area contributed by atoms with E-state index in [1.165, 1.54) is 23.5 Å². The van der Waals surface area contributed by atoms with Gasteiger partial charge in [0.25, 0.3) is 5.91 Å². The third-order valence-corrected chi connectivity index (χ3v) is 7.39. The Bertz CT molecular complexity index is 1320. The average molecular weight is 542 g/mol. The zero-order chi connectivity index (χ0) is 26.9. The minimum Gasteiger partial charge on any atom is -0.372 e. The molecule has 1 aromatic carbocycles. The fourth-order valence-corrected chi connectivity index (χ4v) is 5.52. The van der Waals surface area contributed by atoms with Gasteiger partial charge in [0.15, 0.2) is 5.13 Å². The number of amides is 2. The highest BCUT2D eigenvalue weighted by Gasteiger charge is 2.46. The van der Waals surface area contributed by atoms with Crippen LogP contribution in [0.25, 0.3) is 11.4 Å². The second-order valence-corrected chi connectivity index (χ2v) is 10.7. The van der Waals surface area contributed by atoms with E-state index in [1.54, 1.807) is 12.1 Å². The van der Waals surface area contributed by atoms with E-state index in [0.717, 1.165) is 18.9 Å². The molecule has 2 fully saturated rings. The van der Waals surface area contributed by atoms with E-state index in [9.17, 15) is 18.4 Å². The van der Waals surface area contributed by atoms with E-state index in [4.69, 9.17) is 9.72 Å². The van der Waals surface area contributed by atoms with Gasteiger partial charge in [-0.1, -0.05) is 18.2 Å². The van der Waals surface area contributed by atoms with Gasteiger partial charge in [0.2, 0.25) is 5.91 Å². The first-order valence-corrected chi connectivity index (χ1v) is 13.4. The largest absolute Gasteiger partial charge is 0.372 e. The second kappa shape index (κ2) is 10.7. The predicted octanol–water partition coefficient (Wildman–Crippen LogP) is 4.48. The predicted molar refractivity (Wildman–Crippen MR) is 142 cm³/mol. The van der Waals surface area contributed by atoms with Crippen molar-refractivity contribution < 1.29 is 23.1 Å². The molecule has 2 aromatic heterocycles. The van der Waals surface area contributed by atoms with Crippen molar-refractivity contribution in [3.63, 3.8) is 0 Å². The standard InChI is InChI=1S/C27H29F2N5O3S/c1-16-13-34(14-17(2)37-16)23-8-4-7-21(31-23)22-15-38-26(32-22)33-24(35)12-30-25(36)18-5-3-6-19(9-18)27(29)10-20(28)11-27/h3-9,15-17,20H,10-14H2,1-2H3,(H,30,36)(H,32,33,35)/t16-,17+,20-,27+. The van der Waals surface area contributed by atoms with Crippen LogP contribution >= 0.6 is 11.3 Å². The van der Waals surface area contributed by atoms with Crippen molar-refractivity contribution in [3.05, 3.63) is 59.0 Å². The summed E-state index contributed by atoms with van der Waals surface area (Å²) < 4.78 is 33.7. The van der Waals surface area contributed by atoms with Crippen molar-refractivity contribution >= 4 is 34.1 Å². The lowest BCUT2D eigenvalue weighted by Crippen LogP contribution is -2.45. The molecule has 1 aliphatic heterocycles. The monoisotopic (exact) mass is 541 g/mol. The summed E-state index contributed by atoms with van der Waals surface area (Å²) >= 11 is 1.26. The van der Waals surface area contributed by atoms with Crippen LogP contribution in [-0.2, 0) is 15.2 Å².